The molecule has 1 fully saturated rings. The maximum atomic E-state index is 13.8. The van der Waals surface area contributed by atoms with Gasteiger partial charge in [-0.2, -0.15) is 5.10 Å². The number of hydrogen-bond acceptors (Lipinski definition) is 7. The molecule has 5 heterocycles. The van der Waals surface area contributed by atoms with Gasteiger partial charge in [-0.05, 0) is 56.4 Å². The van der Waals surface area contributed by atoms with Gasteiger partial charge in [-0.1, -0.05) is 48.9 Å². The number of likely N-dealkylation sites (tertiary alicyclic amines) is 1. The Bertz CT molecular complexity index is 1840. The van der Waals surface area contributed by atoms with Crippen LogP contribution in [0.15, 0.2) is 67.4 Å². The Morgan fingerprint density at radius 1 is 1.11 bits per heavy atom. The molecule has 46 heavy (non-hydrogen) atoms. The highest BCUT2D eigenvalue weighted by molar-refractivity contribution is 6.76. The van der Waals surface area contributed by atoms with Crippen LogP contribution in [0.3, 0.4) is 0 Å². The number of fused-ring (bicyclic) bond motifs is 1. The molecular formula is C33H37Cl2N7O3Si. The minimum Gasteiger partial charge on any atom is -0.454 e. The maximum Gasteiger partial charge on any atom is 0.261 e. The summed E-state index contributed by atoms with van der Waals surface area (Å²) in [5.41, 5.74) is 2.91. The lowest BCUT2D eigenvalue weighted by molar-refractivity contribution is 0.0909. The monoisotopic (exact) mass is 677 g/mol. The first kappa shape index (κ1) is 32.2. The predicted octanol–water partition coefficient (Wildman–Crippen LogP) is 7.84. The average molecular weight is 679 g/mol. The summed E-state index contributed by atoms with van der Waals surface area (Å²) in [5.74, 6) is 0.325. The van der Waals surface area contributed by atoms with Crippen LogP contribution in [0, 0.1) is 0 Å². The van der Waals surface area contributed by atoms with Crippen molar-refractivity contribution in [2.75, 3.05) is 32.1 Å². The van der Waals surface area contributed by atoms with Crippen molar-refractivity contribution in [3.05, 3.63) is 83.0 Å². The smallest absolute Gasteiger partial charge is 0.261 e. The lowest BCUT2D eigenvalue weighted by Gasteiger charge is -2.17. The van der Waals surface area contributed by atoms with E-state index in [9.17, 15) is 4.79 Å². The van der Waals surface area contributed by atoms with E-state index in [2.05, 4.69) is 48.1 Å². The molecule has 240 valence electrons. The van der Waals surface area contributed by atoms with Crippen LogP contribution in [0.1, 0.15) is 22.8 Å². The van der Waals surface area contributed by atoms with E-state index in [-0.39, 0.29) is 12.3 Å². The highest BCUT2D eigenvalue weighted by Gasteiger charge is 2.26. The third-order valence-corrected chi connectivity index (χ3v) is 10.4. The molecule has 1 N–H and O–H groups in total. The summed E-state index contributed by atoms with van der Waals surface area (Å²) in [5, 5.41) is 8.87. The SMILES string of the molecule is CN1CCC(n2cc(-c3cc4c(Oc5cccnc5)c(C(=O)Nc5c(Cl)cccc5Cl)cnc4n3COCC[Si](C)(C)C)cn2)C1. The van der Waals surface area contributed by atoms with Crippen molar-refractivity contribution in [1.82, 2.24) is 29.2 Å². The average Bonchev–Trinajstić information content (AvgIpc) is 3.76. The largest absolute Gasteiger partial charge is 0.454 e. The number of nitrogens with one attached hydrogen (secondary N) is 1. The molecular weight excluding hydrogens is 641 g/mol. The Hall–Kier alpha value is -3.74. The zero-order valence-electron chi connectivity index (χ0n) is 26.3. The van der Waals surface area contributed by atoms with E-state index in [0.717, 1.165) is 36.8 Å². The van der Waals surface area contributed by atoms with Crippen LogP contribution < -0.4 is 10.1 Å². The molecule has 0 radical (unpaired) electrons. The van der Waals surface area contributed by atoms with Crippen molar-refractivity contribution in [2.24, 2.45) is 0 Å². The number of anilines is 1. The van der Waals surface area contributed by atoms with Crippen molar-refractivity contribution in [3.63, 3.8) is 0 Å². The van der Waals surface area contributed by atoms with Crippen molar-refractivity contribution in [1.29, 1.82) is 0 Å². The lowest BCUT2D eigenvalue weighted by atomic mass is 10.1. The third kappa shape index (κ3) is 7.13. The van der Waals surface area contributed by atoms with Gasteiger partial charge in [0.15, 0.2) is 5.75 Å². The number of carbonyl (C=O) groups is 1. The van der Waals surface area contributed by atoms with Crippen molar-refractivity contribution >= 4 is 53.9 Å². The van der Waals surface area contributed by atoms with E-state index in [4.69, 9.17) is 42.8 Å². The molecule has 0 spiro atoms. The zero-order chi connectivity index (χ0) is 32.4. The van der Waals surface area contributed by atoms with Crippen LogP contribution in [0.4, 0.5) is 5.69 Å². The van der Waals surface area contributed by atoms with E-state index < -0.39 is 14.0 Å². The number of amides is 1. The van der Waals surface area contributed by atoms with Crippen molar-refractivity contribution in [3.8, 4) is 22.8 Å². The normalized spacial score (nSPS) is 15.5. The number of ether oxygens (including phenoxy) is 2. The molecule has 1 unspecified atom stereocenters. The summed E-state index contributed by atoms with van der Waals surface area (Å²) < 4.78 is 16.7. The number of likely N-dealkylation sites (N-methyl/N-ethyl adjacent to an activating group) is 1. The second-order valence-corrected chi connectivity index (χ2v) is 19.2. The van der Waals surface area contributed by atoms with Crippen LogP contribution in [0.25, 0.3) is 22.3 Å². The predicted molar refractivity (Wildman–Crippen MR) is 185 cm³/mol. The summed E-state index contributed by atoms with van der Waals surface area (Å²) in [4.78, 5) is 25.1. The Kier molecular flexibility index (Phi) is 9.48. The highest BCUT2D eigenvalue weighted by atomic mass is 35.5. The molecule has 5 aromatic rings. The molecule has 1 atom stereocenters. The number of benzene rings is 1. The van der Waals surface area contributed by atoms with Crippen LogP contribution in [0.2, 0.25) is 35.7 Å². The van der Waals surface area contributed by atoms with Gasteiger partial charge in [-0.3, -0.25) is 14.5 Å². The van der Waals surface area contributed by atoms with Gasteiger partial charge >= 0.3 is 0 Å². The van der Waals surface area contributed by atoms with Gasteiger partial charge < -0.3 is 24.3 Å². The van der Waals surface area contributed by atoms with Crippen LogP contribution in [0.5, 0.6) is 11.5 Å². The zero-order valence-corrected chi connectivity index (χ0v) is 28.8. The number of hydrogen-bond donors (Lipinski definition) is 1. The second-order valence-electron chi connectivity index (χ2n) is 12.8. The highest BCUT2D eigenvalue weighted by Crippen LogP contribution is 2.39. The Morgan fingerprint density at radius 3 is 2.61 bits per heavy atom. The maximum absolute atomic E-state index is 13.8. The fourth-order valence-electron chi connectivity index (χ4n) is 5.47. The standard InChI is InChI=1S/C33H37Cl2N7O3Si/c1-40-12-10-23(20-40)42-19-22(16-38-42)29-15-25-31(45-24-7-6-11-36-17-24)26(33(43)39-30-27(34)8-5-9-28(30)35)18-37-32(25)41(29)21-44-13-14-46(2,3)4/h5-9,11,15-19,23H,10,12-14,20-21H2,1-4H3,(H,39,43). The van der Waals surface area contributed by atoms with E-state index in [1.54, 1.807) is 42.7 Å². The third-order valence-electron chi connectivity index (χ3n) is 8.03. The van der Waals surface area contributed by atoms with Crippen LogP contribution in [-0.4, -0.2) is 69.9 Å². The van der Waals surface area contributed by atoms with Gasteiger partial charge in [0.1, 0.15) is 23.7 Å². The molecule has 1 amide bonds. The summed E-state index contributed by atoms with van der Waals surface area (Å²) in [7, 11) is 0.831. The molecule has 0 aliphatic carbocycles. The van der Waals surface area contributed by atoms with Crippen LogP contribution in [-0.2, 0) is 11.5 Å². The summed E-state index contributed by atoms with van der Waals surface area (Å²) in [6.45, 7) is 9.88. The van der Waals surface area contributed by atoms with E-state index >= 15 is 0 Å². The fourth-order valence-corrected chi connectivity index (χ4v) is 6.72. The molecule has 4 aromatic heterocycles. The summed E-state index contributed by atoms with van der Waals surface area (Å²) in [6, 6.07) is 11.9. The van der Waals surface area contributed by atoms with E-state index in [0.29, 0.717) is 50.9 Å². The molecule has 0 saturated carbocycles. The Morgan fingerprint density at radius 2 is 1.91 bits per heavy atom. The number of rotatable bonds is 11. The molecule has 1 aliphatic rings. The second kappa shape index (κ2) is 13.5. The first-order valence-corrected chi connectivity index (χ1v) is 19.7. The number of para-hydroxylation sites is 1. The minimum absolute atomic E-state index is 0.209. The number of pyridine rings is 2. The van der Waals surface area contributed by atoms with Gasteiger partial charge in [0.25, 0.3) is 5.91 Å². The van der Waals surface area contributed by atoms with Gasteiger partial charge in [-0.15, -0.1) is 0 Å². The number of nitrogens with zero attached hydrogens (tertiary/aromatic N) is 6. The number of carbonyl (C=O) groups excluding carboxylic acids is 1. The van der Waals surface area contributed by atoms with Gasteiger partial charge in [0.05, 0.1) is 45.2 Å². The Labute approximate surface area is 279 Å². The topological polar surface area (TPSA) is 99.3 Å². The number of aromatic nitrogens is 5. The molecule has 13 heteroatoms. The summed E-state index contributed by atoms with van der Waals surface area (Å²) in [6.07, 6.45) is 9.76. The van der Waals surface area contributed by atoms with Gasteiger partial charge in [0.2, 0.25) is 0 Å². The summed E-state index contributed by atoms with van der Waals surface area (Å²) >= 11 is 12.8. The van der Waals surface area contributed by atoms with E-state index in [1.165, 1.54) is 6.20 Å². The van der Waals surface area contributed by atoms with Crippen molar-refractivity contribution < 1.29 is 14.3 Å². The Balaban J connectivity index is 1.45. The molecule has 10 nitrogen and oxygen atoms in total. The molecule has 1 aliphatic heterocycles. The van der Waals surface area contributed by atoms with Gasteiger partial charge in [-0.25, -0.2) is 4.98 Å². The molecule has 1 aromatic carbocycles. The minimum atomic E-state index is -1.30. The lowest BCUT2D eigenvalue weighted by Crippen LogP contribution is -2.22. The molecule has 0 bridgehead atoms. The first-order chi connectivity index (χ1) is 22.1. The molecule has 6 rings (SSSR count). The fraction of sp³-hybridized carbons (Fsp3) is 0.333. The first-order valence-electron chi connectivity index (χ1n) is 15.2. The molecule has 1 saturated heterocycles. The number of halogens is 2. The van der Waals surface area contributed by atoms with Crippen molar-refractivity contribution in [2.45, 2.75) is 44.9 Å². The van der Waals surface area contributed by atoms with Gasteiger partial charge in [0, 0.05) is 45.4 Å². The quantitative estimate of drug-likeness (QED) is 0.112. The van der Waals surface area contributed by atoms with Crippen LogP contribution >= 0.6 is 23.2 Å². The van der Waals surface area contributed by atoms with E-state index in [1.807, 2.05) is 21.5 Å².